The van der Waals surface area contributed by atoms with Gasteiger partial charge in [0.1, 0.15) is 0 Å². The molecule has 33 heavy (non-hydrogen) atoms. The number of carboxylic acids is 1. The Morgan fingerprint density at radius 3 is 2.12 bits per heavy atom. The molecule has 0 aromatic rings. The maximum absolute atomic E-state index is 12.7. The fraction of sp³-hybridized carbons (Fsp3) is 0.900. The van der Waals surface area contributed by atoms with Gasteiger partial charge in [0.15, 0.2) is 0 Å². The highest BCUT2D eigenvalue weighted by Gasteiger charge is 2.68. The zero-order valence-corrected chi connectivity index (χ0v) is 22.3. The van der Waals surface area contributed by atoms with Crippen molar-refractivity contribution in [3.63, 3.8) is 0 Å². The Balaban J connectivity index is 1.62. The zero-order chi connectivity index (χ0) is 24.2. The smallest absolute Gasteiger partial charge is 0.313 e. The topological polar surface area (TPSA) is 57.5 Å². The molecule has 0 bridgehead atoms. The molecule has 3 nitrogen and oxygen atoms in total. The van der Waals surface area contributed by atoms with Crippen molar-refractivity contribution in [1.29, 1.82) is 0 Å². The van der Waals surface area contributed by atoms with Crippen LogP contribution in [-0.4, -0.2) is 22.3 Å². The van der Waals surface area contributed by atoms with Crippen LogP contribution in [-0.2, 0) is 4.79 Å². The third kappa shape index (κ3) is 2.87. The molecule has 7 unspecified atom stereocenters. The van der Waals surface area contributed by atoms with E-state index >= 15 is 0 Å². The summed E-state index contributed by atoms with van der Waals surface area (Å²) < 4.78 is 0. The average molecular weight is 457 g/mol. The molecule has 186 valence electrons. The Hall–Kier alpha value is -0.830. The highest BCUT2D eigenvalue weighted by atomic mass is 16.4. The Bertz CT molecular complexity index is 898. The summed E-state index contributed by atoms with van der Waals surface area (Å²) in [4.78, 5) is 12.7. The molecule has 5 aliphatic carbocycles. The second-order valence-electron chi connectivity index (χ2n) is 15.0. The summed E-state index contributed by atoms with van der Waals surface area (Å²) in [6.45, 7) is 17.0. The van der Waals surface area contributed by atoms with E-state index in [9.17, 15) is 15.0 Å². The van der Waals surface area contributed by atoms with Crippen molar-refractivity contribution in [2.24, 2.45) is 44.3 Å². The van der Waals surface area contributed by atoms with Crippen molar-refractivity contribution in [3.8, 4) is 0 Å². The van der Waals surface area contributed by atoms with Crippen molar-refractivity contribution in [2.75, 3.05) is 0 Å². The predicted molar refractivity (Wildman–Crippen MR) is 133 cm³/mol. The zero-order valence-electron chi connectivity index (χ0n) is 22.3. The van der Waals surface area contributed by atoms with Gasteiger partial charge in [-0.1, -0.05) is 59.6 Å². The van der Waals surface area contributed by atoms with Gasteiger partial charge >= 0.3 is 5.97 Å². The van der Waals surface area contributed by atoms with Gasteiger partial charge in [-0.2, -0.15) is 0 Å². The van der Waals surface area contributed by atoms with Crippen LogP contribution >= 0.6 is 0 Å². The molecule has 5 aliphatic rings. The monoisotopic (exact) mass is 456 g/mol. The van der Waals surface area contributed by atoms with Gasteiger partial charge in [-0.05, 0) is 110 Å². The minimum Gasteiger partial charge on any atom is -0.481 e. The lowest BCUT2D eigenvalue weighted by atomic mass is 9.34. The minimum atomic E-state index is -0.606. The molecule has 0 aromatic heterocycles. The number of aliphatic carboxylic acids is 1. The van der Waals surface area contributed by atoms with Gasteiger partial charge in [0.2, 0.25) is 0 Å². The van der Waals surface area contributed by atoms with Gasteiger partial charge in [-0.25, -0.2) is 0 Å². The van der Waals surface area contributed by atoms with Gasteiger partial charge in [-0.15, -0.1) is 0 Å². The van der Waals surface area contributed by atoms with E-state index in [1.54, 1.807) is 5.57 Å². The van der Waals surface area contributed by atoms with Crippen molar-refractivity contribution >= 4 is 5.97 Å². The number of carboxylic acid groups (broad SMARTS) is 1. The normalized spacial score (nSPS) is 50.5. The first-order valence-corrected chi connectivity index (χ1v) is 13.8. The number of aliphatic hydroxyl groups is 1. The maximum atomic E-state index is 12.7. The molecular weight excluding hydrogens is 408 g/mol. The van der Waals surface area contributed by atoms with E-state index in [1.807, 2.05) is 0 Å². The number of hydrogen-bond donors (Lipinski definition) is 2. The summed E-state index contributed by atoms with van der Waals surface area (Å²) in [7, 11) is 0. The quantitative estimate of drug-likeness (QED) is 0.405. The van der Waals surface area contributed by atoms with Gasteiger partial charge in [0.25, 0.3) is 0 Å². The molecule has 5 rings (SSSR count). The molecule has 0 spiro atoms. The summed E-state index contributed by atoms with van der Waals surface area (Å²) in [6, 6.07) is 0. The van der Waals surface area contributed by atoms with E-state index in [0.29, 0.717) is 11.8 Å². The molecule has 4 fully saturated rings. The number of hydrogen-bond acceptors (Lipinski definition) is 2. The summed E-state index contributed by atoms with van der Waals surface area (Å²) in [5, 5.41) is 21.4. The summed E-state index contributed by atoms with van der Waals surface area (Å²) in [5.74, 6) is 0.660. The Morgan fingerprint density at radius 1 is 0.788 bits per heavy atom. The molecule has 2 N–H and O–H groups in total. The average Bonchev–Trinajstić information content (AvgIpc) is 2.71. The lowest BCUT2D eigenvalue weighted by molar-refractivity contribution is -0.205. The fourth-order valence-corrected chi connectivity index (χ4v) is 10.6. The number of fused-ring (bicyclic) bond motifs is 6. The molecular formula is C30H48O3. The Morgan fingerprint density at radius 2 is 1.45 bits per heavy atom. The molecule has 0 aromatic carbocycles. The van der Waals surface area contributed by atoms with E-state index in [4.69, 9.17) is 0 Å². The predicted octanol–water partition coefficient (Wildman–Crippen LogP) is 7.38. The van der Waals surface area contributed by atoms with E-state index in [0.717, 1.165) is 51.4 Å². The number of allylic oxidation sites excluding steroid dienone is 1. The van der Waals surface area contributed by atoms with Crippen LogP contribution < -0.4 is 0 Å². The Labute approximate surface area is 201 Å². The van der Waals surface area contributed by atoms with E-state index < -0.39 is 11.4 Å². The highest BCUT2D eigenvalue weighted by molar-refractivity contribution is 5.80. The maximum Gasteiger partial charge on any atom is 0.313 e. The van der Waals surface area contributed by atoms with Crippen molar-refractivity contribution in [3.05, 3.63) is 11.1 Å². The van der Waals surface area contributed by atoms with E-state index in [2.05, 4.69) is 48.5 Å². The molecule has 0 amide bonds. The number of carbonyl (C=O) groups is 1. The van der Waals surface area contributed by atoms with Crippen LogP contribution in [0.2, 0.25) is 0 Å². The van der Waals surface area contributed by atoms with Gasteiger partial charge in [0.05, 0.1) is 11.5 Å². The summed E-state index contributed by atoms with van der Waals surface area (Å²) in [6.07, 6.45) is 11.2. The summed E-state index contributed by atoms with van der Waals surface area (Å²) >= 11 is 0. The van der Waals surface area contributed by atoms with Gasteiger partial charge in [-0.3, -0.25) is 4.79 Å². The third-order valence-corrected chi connectivity index (χ3v) is 12.9. The van der Waals surface area contributed by atoms with E-state index in [-0.39, 0.29) is 33.2 Å². The number of rotatable bonds is 1. The van der Waals surface area contributed by atoms with Crippen LogP contribution in [0.15, 0.2) is 11.1 Å². The standard InChI is InChI=1S/C30H48O3/c1-25(2)14-16-30(24(32)33)17-15-28(6)19(20(30)18-25)8-9-22-27(5)12-11-23(31)26(3,4)21(27)10-13-29(22,28)7/h21-23,31H,8-18H2,1-7H3,(H,32,33). The number of aliphatic hydroxyl groups excluding tert-OH is 1. The molecule has 3 heteroatoms. The Kier molecular flexibility index (Phi) is 4.99. The fourth-order valence-electron chi connectivity index (χ4n) is 10.6. The molecule has 0 aliphatic heterocycles. The van der Waals surface area contributed by atoms with Gasteiger partial charge < -0.3 is 10.2 Å². The van der Waals surface area contributed by atoms with Crippen molar-refractivity contribution < 1.29 is 15.0 Å². The SMILES string of the molecule is CC1(C)CCC2(C(=O)O)CCC3(C)C(=C2C1)CCC1C2(C)CCC(O)C(C)(C)C2CCC13C. The lowest BCUT2D eigenvalue weighted by Crippen LogP contribution is -2.64. The second-order valence-corrected chi connectivity index (χ2v) is 15.0. The third-order valence-electron chi connectivity index (χ3n) is 12.9. The first kappa shape index (κ1) is 23.9. The molecule has 7 atom stereocenters. The lowest BCUT2D eigenvalue weighted by Gasteiger charge is -2.71. The van der Waals surface area contributed by atoms with E-state index in [1.165, 1.54) is 24.8 Å². The van der Waals surface area contributed by atoms with Gasteiger partial charge in [0, 0.05) is 0 Å². The molecule has 0 heterocycles. The second kappa shape index (κ2) is 6.89. The van der Waals surface area contributed by atoms with Crippen LogP contribution in [0.4, 0.5) is 0 Å². The first-order valence-electron chi connectivity index (χ1n) is 13.8. The van der Waals surface area contributed by atoms with Crippen LogP contribution in [0.3, 0.4) is 0 Å². The van der Waals surface area contributed by atoms with Crippen LogP contribution in [0, 0.1) is 44.3 Å². The van der Waals surface area contributed by atoms with Crippen LogP contribution in [0.5, 0.6) is 0 Å². The van der Waals surface area contributed by atoms with Crippen LogP contribution in [0.1, 0.15) is 119 Å². The van der Waals surface area contributed by atoms with Crippen LogP contribution in [0.25, 0.3) is 0 Å². The largest absolute Gasteiger partial charge is 0.481 e. The minimum absolute atomic E-state index is 0.0214. The molecule has 0 saturated heterocycles. The molecule has 0 radical (unpaired) electrons. The highest BCUT2D eigenvalue weighted by Crippen LogP contribution is 2.75. The van der Waals surface area contributed by atoms with Crippen molar-refractivity contribution in [2.45, 2.75) is 125 Å². The van der Waals surface area contributed by atoms with Crippen molar-refractivity contribution in [1.82, 2.24) is 0 Å². The summed E-state index contributed by atoms with van der Waals surface area (Å²) in [5.41, 5.74) is 3.05. The molecule has 4 saturated carbocycles. The first-order chi connectivity index (χ1) is 15.1.